The minimum absolute atomic E-state index is 0.263. The van der Waals surface area contributed by atoms with Gasteiger partial charge >= 0.3 is 12.0 Å². The minimum Gasteiger partial charge on any atom is -0.481 e. The first kappa shape index (κ1) is 17.7. The van der Waals surface area contributed by atoms with Crippen LogP contribution in [0.5, 0.6) is 0 Å². The molecule has 0 spiro atoms. The first-order chi connectivity index (χ1) is 8.41. The van der Waals surface area contributed by atoms with Crippen LogP contribution >= 0.6 is 0 Å². The van der Waals surface area contributed by atoms with Gasteiger partial charge in [0.2, 0.25) is 0 Å². The lowest BCUT2D eigenvalue weighted by atomic mass is 9.74. The quantitative estimate of drug-likeness (QED) is 0.759. The molecule has 112 valence electrons. The molecule has 19 heavy (non-hydrogen) atoms. The molecule has 0 atom stereocenters. The summed E-state index contributed by atoms with van der Waals surface area (Å²) in [5, 5.41) is 12.0. The third-order valence-corrected chi connectivity index (χ3v) is 3.75. The standard InChI is InChI=1S/C13H27N3O3/c1-12(2,10(17)18)13(3,4)14-11(19)16(7)9-8-15(5)6/h8-9H2,1-7H3,(H,14,19)(H,17,18). The Morgan fingerprint density at radius 3 is 1.89 bits per heavy atom. The van der Waals surface area contributed by atoms with Gasteiger partial charge in [-0.25, -0.2) is 4.79 Å². The zero-order chi connectivity index (χ0) is 15.4. The van der Waals surface area contributed by atoms with Crippen LogP contribution in [0.3, 0.4) is 0 Å². The number of hydrogen-bond acceptors (Lipinski definition) is 3. The molecule has 0 saturated heterocycles. The van der Waals surface area contributed by atoms with E-state index in [2.05, 4.69) is 5.32 Å². The number of carbonyl (C=O) groups excluding carboxylic acids is 1. The highest BCUT2D eigenvalue weighted by molar-refractivity contribution is 5.79. The number of nitrogens with zero attached hydrogens (tertiary/aromatic N) is 2. The molecule has 0 aromatic rings. The van der Waals surface area contributed by atoms with Crippen LogP contribution in [0.25, 0.3) is 0 Å². The highest BCUT2D eigenvalue weighted by Crippen LogP contribution is 2.30. The van der Waals surface area contributed by atoms with E-state index in [0.717, 1.165) is 6.54 Å². The molecule has 6 heteroatoms. The summed E-state index contributed by atoms with van der Waals surface area (Å²) in [6.07, 6.45) is 0. The molecule has 0 aliphatic heterocycles. The van der Waals surface area contributed by atoms with Crippen molar-refractivity contribution in [1.82, 2.24) is 15.1 Å². The van der Waals surface area contributed by atoms with E-state index < -0.39 is 16.9 Å². The molecular formula is C13H27N3O3. The van der Waals surface area contributed by atoms with Gasteiger partial charge in [0, 0.05) is 20.1 Å². The highest BCUT2D eigenvalue weighted by atomic mass is 16.4. The fraction of sp³-hybridized carbons (Fsp3) is 0.846. The van der Waals surface area contributed by atoms with E-state index in [4.69, 9.17) is 0 Å². The number of carbonyl (C=O) groups is 2. The van der Waals surface area contributed by atoms with Crippen LogP contribution in [0.1, 0.15) is 27.7 Å². The Bertz CT molecular complexity index is 338. The molecule has 0 fully saturated rings. The SMILES string of the molecule is CN(C)CCN(C)C(=O)NC(C)(C)C(C)(C)C(=O)O. The Hall–Kier alpha value is -1.30. The van der Waals surface area contributed by atoms with Crippen LogP contribution in [-0.4, -0.2) is 66.7 Å². The summed E-state index contributed by atoms with van der Waals surface area (Å²) in [4.78, 5) is 26.8. The van der Waals surface area contributed by atoms with Gasteiger partial charge in [0.25, 0.3) is 0 Å². The van der Waals surface area contributed by atoms with Crippen molar-refractivity contribution in [3.63, 3.8) is 0 Å². The summed E-state index contributed by atoms with van der Waals surface area (Å²) < 4.78 is 0. The number of carboxylic acid groups (broad SMARTS) is 1. The van der Waals surface area contributed by atoms with Gasteiger partial charge in [-0.1, -0.05) is 0 Å². The maximum Gasteiger partial charge on any atom is 0.317 e. The molecule has 0 aromatic carbocycles. The lowest BCUT2D eigenvalue weighted by Crippen LogP contribution is -2.59. The minimum atomic E-state index is -1.05. The van der Waals surface area contributed by atoms with Crippen molar-refractivity contribution in [3.8, 4) is 0 Å². The van der Waals surface area contributed by atoms with Gasteiger partial charge in [-0.2, -0.15) is 0 Å². The molecule has 0 radical (unpaired) electrons. The first-order valence-corrected chi connectivity index (χ1v) is 6.33. The highest BCUT2D eigenvalue weighted by Gasteiger charge is 2.44. The summed E-state index contributed by atoms with van der Waals surface area (Å²) >= 11 is 0. The zero-order valence-corrected chi connectivity index (χ0v) is 13.1. The van der Waals surface area contributed by atoms with Crippen molar-refractivity contribution < 1.29 is 14.7 Å². The molecule has 0 rings (SSSR count). The Morgan fingerprint density at radius 1 is 1.05 bits per heavy atom. The topological polar surface area (TPSA) is 72.9 Å². The van der Waals surface area contributed by atoms with E-state index in [1.165, 1.54) is 0 Å². The van der Waals surface area contributed by atoms with Crippen molar-refractivity contribution in [2.45, 2.75) is 33.2 Å². The summed E-state index contributed by atoms with van der Waals surface area (Å²) in [6.45, 7) is 8.00. The van der Waals surface area contributed by atoms with Crippen LogP contribution in [0.2, 0.25) is 0 Å². The van der Waals surface area contributed by atoms with E-state index in [9.17, 15) is 14.7 Å². The second kappa shape index (κ2) is 6.23. The number of aliphatic carboxylic acids is 1. The average molecular weight is 273 g/mol. The van der Waals surface area contributed by atoms with Crippen molar-refractivity contribution in [2.75, 3.05) is 34.2 Å². The largest absolute Gasteiger partial charge is 0.481 e. The number of carboxylic acids is 1. The average Bonchev–Trinajstić information content (AvgIpc) is 2.24. The van der Waals surface area contributed by atoms with Gasteiger partial charge in [0.15, 0.2) is 0 Å². The van der Waals surface area contributed by atoms with Crippen molar-refractivity contribution >= 4 is 12.0 Å². The molecule has 0 aliphatic carbocycles. The third kappa shape index (κ3) is 4.70. The Balaban J connectivity index is 4.66. The lowest BCUT2D eigenvalue weighted by molar-refractivity contribution is -0.150. The summed E-state index contributed by atoms with van der Waals surface area (Å²) in [6, 6.07) is -0.263. The fourth-order valence-corrected chi connectivity index (χ4v) is 1.24. The van der Waals surface area contributed by atoms with Crippen LogP contribution in [0.4, 0.5) is 4.79 Å². The normalized spacial score (nSPS) is 12.4. The zero-order valence-electron chi connectivity index (χ0n) is 13.1. The lowest BCUT2D eigenvalue weighted by Gasteiger charge is -2.39. The molecular weight excluding hydrogens is 246 g/mol. The number of nitrogens with one attached hydrogen (secondary N) is 1. The first-order valence-electron chi connectivity index (χ1n) is 6.33. The number of likely N-dealkylation sites (N-methyl/N-ethyl adjacent to an activating group) is 2. The Kier molecular flexibility index (Phi) is 5.81. The van der Waals surface area contributed by atoms with Gasteiger partial charge in [0.05, 0.1) is 11.0 Å². The number of rotatable bonds is 6. The monoisotopic (exact) mass is 273 g/mol. The fourth-order valence-electron chi connectivity index (χ4n) is 1.24. The molecule has 0 heterocycles. The van der Waals surface area contributed by atoms with E-state index in [1.54, 1.807) is 39.6 Å². The van der Waals surface area contributed by atoms with E-state index >= 15 is 0 Å². The number of amides is 2. The second-order valence-electron chi connectivity index (χ2n) is 6.21. The van der Waals surface area contributed by atoms with E-state index in [-0.39, 0.29) is 6.03 Å². The van der Waals surface area contributed by atoms with Gasteiger partial charge in [-0.3, -0.25) is 4.79 Å². The van der Waals surface area contributed by atoms with Crippen molar-refractivity contribution in [3.05, 3.63) is 0 Å². The van der Waals surface area contributed by atoms with Crippen LogP contribution in [-0.2, 0) is 4.79 Å². The number of urea groups is 1. The predicted octanol–water partition coefficient (Wildman–Crippen LogP) is 1.08. The Morgan fingerprint density at radius 2 is 1.53 bits per heavy atom. The molecule has 0 aromatic heterocycles. The molecule has 0 bridgehead atoms. The van der Waals surface area contributed by atoms with Crippen molar-refractivity contribution in [2.24, 2.45) is 5.41 Å². The smallest absolute Gasteiger partial charge is 0.317 e. The molecule has 0 saturated carbocycles. The van der Waals surface area contributed by atoms with Gasteiger partial charge in [-0.05, 0) is 41.8 Å². The van der Waals surface area contributed by atoms with Crippen LogP contribution < -0.4 is 5.32 Å². The van der Waals surface area contributed by atoms with E-state index in [1.807, 2.05) is 19.0 Å². The van der Waals surface area contributed by atoms with Gasteiger partial charge < -0.3 is 20.2 Å². The van der Waals surface area contributed by atoms with Crippen molar-refractivity contribution in [1.29, 1.82) is 0 Å². The predicted molar refractivity (Wildman–Crippen MR) is 75.2 cm³/mol. The van der Waals surface area contributed by atoms with Crippen LogP contribution in [0, 0.1) is 5.41 Å². The maximum atomic E-state index is 12.0. The third-order valence-electron chi connectivity index (χ3n) is 3.75. The molecule has 2 N–H and O–H groups in total. The molecule has 2 amide bonds. The molecule has 6 nitrogen and oxygen atoms in total. The maximum absolute atomic E-state index is 12.0. The summed E-state index contributed by atoms with van der Waals surface area (Å²) in [5.41, 5.74) is -1.90. The summed E-state index contributed by atoms with van der Waals surface area (Å²) in [5.74, 6) is -0.936. The van der Waals surface area contributed by atoms with Crippen LogP contribution in [0.15, 0.2) is 0 Å². The van der Waals surface area contributed by atoms with Gasteiger partial charge in [-0.15, -0.1) is 0 Å². The van der Waals surface area contributed by atoms with E-state index in [0.29, 0.717) is 6.54 Å². The number of hydrogen-bond donors (Lipinski definition) is 2. The molecule has 0 aliphatic rings. The van der Waals surface area contributed by atoms with Gasteiger partial charge in [0.1, 0.15) is 0 Å². The Labute approximate surface area is 115 Å². The molecule has 0 unspecified atom stereocenters. The summed E-state index contributed by atoms with van der Waals surface area (Å²) in [7, 11) is 5.56. The second-order valence-corrected chi connectivity index (χ2v) is 6.21.